The van der Waals surface area contributed by atoms with E-state index in [1.165, 1.54) is 25.3 Å². The molecule has 190 valence electrons. The van der Waals surface area contributed by atoms with Gasteiger partial charge in [-0.15, -0.1) is 11.3 Å². The lowest BCUT2D eigenvalue weighted by Crippen LogP contribution is -2.12. The summed E-state index contributed by atoms with van der Waals surface area (Å²) in [5.74, 6) is -2.30. The first-order valence-electron chi connectivity index (χ1n) is 10.7. The largest absolute Gasteiger partial charge is 0.490 e. The van der Waals surface area contributed by atoms with Crippen molar-refractivity contribution in [3.63, 3.8) is 0 Å². The summed E-state index contributed by atoms with van der Waals surface area (Å²) < 4.78 is 25.4. The van der Waals surface area contributed by atoms with Gasteiger partial charge < -0.3 is 14.6 Å². The molecule has 0 atom stereocenters. The third-order valence-corrected chi connectivity index (χ3v) is 6.22. The van der Waals surface area contributed by atoms with Crippen LogP contribution in [-0.4, -0.2) is 35.7 Å². The molecule has 1 aromatic heterocycles. The SMILES string of the molecule is CO/C(=C/c1c(Cl)cc(C(=O)Nc2nc(-c3cccc(COCC(C)C)c3F)cs2)cc1Cl)C(=O)O. The van der Waals surface area contributed by atoms with Gasteiger partial charge in [0.15, 0.2) is 5.13 Å². The summed E-state index contributed by atoms with van der Waals surface area (Å²) in [5, 5.41) is 13.8. The Balaban J connectivity index is 1.78. The minimum Gasteiger partial charge on any atom is -0.490 e. The summed E-state index contributed by atoms with van der Waals surface area (Å²) in [5.41, 5.74) is 1.41. The maximum atomic E-state index is 15.0. The number of aromatic nitrogens is 1. The van der Waals surface area contributed by atoms with Gasteiger partial charge in [0.25, 0.3) is 5.91 Å². The van der Waals surface area contributed by atoms with Crippen LogP contribution in [0.5, 0.6) is 0 Å². The topological polar surface area (TPSA) is 97.8 Å². The molecule has 0 bridgehead atoms. The molecule has 3 rings (SSSR count). The second-order valence-electron chi connectivity index (χ2n) is 8.05. The third kappa shape index (κ3) is 6.82. The molecule has 1 heterocycles. The van der Waals surface area contributed by atoms with E-state index in [0.29, 0.717) is 29.3 Å². The van der Waals surface area contributed by atoms with Crippen molar-refractivity contribution in [1.82, 2.24) is 4.98 Å². The van der Waals surface area contributed by atoms with Crippen molar-refractivity contribution in [2.24, 2.45) is 5.92 Å². The van der Waals surface area contributed by atoms with Crippen molar-refractivity contribution in [2.75, 3.05) is 19.0 Å². The number of carbonyl (C=O) groups excluding carboxylic acids is 1. The zero-order chi connectivity index (χ0) is 26.4. The molecule has 7 nitrogen and oxygen atoms in total. The van der Waals surface area contributed by atoms with E-state index < -0.39 is 17.7 Å². The highest BCUT2D eigenvalue weighted by Gasteiger charge is 2.18. The fourth-order valence-electron chi connectivity index (χ4n) is 3.11. The van der Waals surface area contributed by atoms with Crippen molar-refractivity contribution in [3.8, 4) is 11.3 Å². The third-order valence-electron chi connectivity index (χ3n) is 4.84. The van der Waals surface area contributed by atoms with Crippen molar-refractivity contribution >= 4 is 57.6 Å². The number of aliphatic carboxylic acids is 1. The Kier molecular flexibility index (Phi) is 9.44. The number of hydrogen-bond acceptors (Lipinski definition) is 6. The van der Waals surface area contributed by atoms with Gasteiger partial charge in [-0.2, -0.15) is 0 Å². The Morgan fingerprint density at radius 3 is 2.56 bits per heavy atom. The minimum absolute atomic E-state index is 0.0573. The van der Waals surface area contributed by atoms with E-state index in [2.05, 4.69) is 10.3 Å². The number of nitrogens with one attached hydrogen (secondary N) is 1. The summed E-state index contributed by atoms with van der Waals surface area (Å²) in [6.07, 6.45) is 1.17. The molecular weight excluding hydrogens is 530 g/mol. The van der Waals surface area contributed by atoms with Crippen LogP contribution in [0.4, 0.5) is 9.52 Å². The number of anilines is 1. The summed E-state index contributed by atoms with van der Waals surface area (Å²) in [6, 6.07) is 7.69. The molecule has 0 saturated carbocycles. The number of rotatable bonds is 10. The van der Waals surface area contributed by atoms with Crippen molar-refractivity contribution < 1.29 is 28.6 Å². The van der Waals surface area contributed by atoms with Gasteiger partial charge in [-0.05, 0) is 30.2 Å². The summed E-state index contributed by atoms with van der Waals surface area (Å²) in [6.45, 7) is 4.70. The van der Waals surface area contributed by atoms with Crippen LogP contribution in [0.25, 0.3) is 17.3 Å². The molecule has 2 aromatic carbocycles. The maximum Gasteiger partial charge on any atom is 0.371 e. The fourth-order valence-corrected chi connectivity index (χ4v) is 4.41. The van der Waals surface area contributed by atoms with E-state index in [1.807, 2.05) is 13.8 Å². The molecule has 3 aromatic rings. The zero-order valence-electron chi connectivity index (χ0n) is 19.6. The Morgan fingerprint density at radius 2 is 1.94 bits per heavy atom. The molecule has 11 heteroatoms. The first kappa shape index (κ1) is 27.6. The lowest BCUT2D eigenvalue weighted by Gasteiger charge is -2.09. The molecule has 0 aliphatic rings. The van der Waals surface area contributed by atoms with E-state index in [1.54, 1.807) is 23.6 Å². The molecule has 2 N–H and O–H groups in total. The maximum absolute atomic E-state index is 15.0. The number of amides is 1. The molecule has 0 unspecified atom stereocenters. The molecule has 0 aliphatic heterocycles. The highest BCUT2D eigenvalue weighted by molar-refractivity contribution is 7.14. The number of benzene rings is 2. The lowest BCUT2D eigenvalue weighted by atomic mass is 10.1. The van der Waals surface area contributed by atoms with Crippen LogP contribution in [-0.2, 0) is 20.9 Å². The van der Waals surface area contributed by atoms with Crippen LogP contribution in [0.3, 0.4) is 0 Å². The minimum atomic E-state index is -1.30. The number of carboxylic acid groups (broad SMARTS) is 1. The van der Waals surface area contributed by atoms with Gasteiger partial charge in [-0.3, -0.25) is 10.1 Å². The first-order valence-corrected chi connectivity index (χ1v) is 12.3. The Morgan fingerprint density at radius 1 is 1.25 bits per heavy atom. The van der Waals surface area contributed by atoms with E-state index >= 15 is 4.39 Å². The summed E-state index contributed by atoms with van der Waals surface area (Å²) in [4.78, 5) is 28.3. The molecule has 0 fully saturated rings. The molecular formula is C25H23Cl2FN2O5S. The normalized spacial score (nSPS) is 11.6. The zero-order valence-corrected chi connectivity index (χ0v) is 21.9. The van der Waals surface area contributed by atoms with Gasteiger partial charge in [0, 0.05) is 34.2 Å². The smallest absolute Gasteiger partial charge is 0.371 e. The van der Waals surface area contributed by atoms with Crippen molar-refractivity contribution in [3.05, 3.63) is 74.0 Å². The number of methoxy groups -OCH3 is 1. The molecule has 0 saturated heterocycles. The quantitative estimate of drug-likeness (QED) is 0.213. The van der Waals surface area contributed by atoms with Crippen LogP contribution in [0.1, 0.15) is 35.3 Å². The molecule has 0 spiro atoms. The monoisotopic (exact) mass is 552 g/mol. The van der Waals surface area contributed by atoms with Gasteiger partial charge in [-0.1, -0.05) is 49.2 Å². The highest BCUT2D eigenvalue weighted by atomic mass is 35.5. The molecule has 36 heavy (non-hydrogen) atoms. The first-order chi connectivity index (χ1) is 17.1. The molecule has 0 radical (unpaired) electrons. The second-order valence-corrected chi connectivity index (χ2v) is 9.72. The number of hydrogen-bond donors (Lipinski definition) is 2. The predicted molar refractivity (Wildman–Crippen MR) is 139 cm³/mol. The predicted octanol–water partition coefficient (Wildman–Crippen LogP) is 6.75. The number of carboxylic acids is 1. The van der Waals surface area contributed by atoms with Crippen LogP contribution >= 0.6 is 34.5 Å². The summed E-state index contributed by atoms with van der Waals surface area (Å²) in [7, 11) is 1.20. The summed E-state index contributed by atoms with van der Waals surface area (Å²) >= 11 is 13.6. The Hall–Kier alpha value is -2.98. The fraction of sp³-hybridized carbons (Fsp3) is 0.240. The van der Waals surface area contributed by atoms with E-state index in [0.717, 1.165) is 11.3 Å². The van der Waals surface area contributed by atoms with Gasteiger partial charge in [-0.25, -0.2) is 14.2 Å². The average molecular weight is 553 g/mol. The second kappa shape index (κ2) is 12.3. The molecule has 1 amide bonds. The average Bonchev–Trinajstić information content (AvgIpc) is 3.27. The van der Waals surface area contributed by atoms with Crippen molar-refractivity contribution in [2.45, 2.75) is 20.5 Å². The van der Waals surface area contributed by atoms with Gasteiger partial charge in [0.2, 0.25) is 5.76 Å². The van der Waals surface area contributed by atoms with E-state index in [9.17, 15) is 9.59 Å². The van der Waals surface area contributed by atoms with Crippen LogP contribution in [0, 0.1) is 11.7 Å². The van der Waals surface area contributed by atoms with Crippen molar-refractivity contribution in [1.29, 1.82) is 0 Å². The van der Waals surface area contributed by atoms with E-state index in [-0.39, 0.29) is 38.7 Å². The lowest BCUT2D eigenvalue weighted by molar-refractivity contribution is -0.135. The number of nitrogens with zero attached hydrogens (tertiary/aromatic N) is 1. The van der Waals surface area contributed by atoms with Crippen LogP contribution in [0.2, 0.25) is 10.0 Å². The number of halogens is 3. The van der Waals surface area contributed by atoms with E-state index in [4.69, 9.17) is 37.8 Å². The number of thiazole rings is 1. The Labute approximate surface area is 221 Å². The number of ether oxygens (including phenoxy) is 2. The van der Waals surface area contributed by atoms with Gasteiger partial charge in [0.05, 0.1) is 29.5 Å². The Bertz CT molecular complexity index is 1290. The molecule has 0 aliphatic carbocycles. The van der Waals surface area contributed by atoms with Crippen LogP contribution < -0.4 is 5.32 Å². The standard InChI is InChI=1S/C25H23Cl2FN2O5S/c1-13(2)10-35-11-14-5-4-6-16(22(14)28)20-12-36-25(29-20)30-23(31)15-7-18(26)17(19(27)8-15)9-21(34-3)24(32)33/h4-9,12-13H,10-11H2,1-3H3,(H,32,33)(H,29,30,31)/b21-9+. The van der Waals surface area contributed by atoms with Gasteiger partial charge in [0.1, 0.15) is 5.82 Å². The highest BCUT2D eigenvalue weighted by Crippen LogP contribution is 2.31. The number of carbonyl (C=O) groups is 2. The van der Waals surface area contributed by atoms with Gasteiger partial charge >= 0.3 is 5.97 Å². The van der Waals surface area contributed by atoms with Crippen LogP contribution in [0.15, 0.2) is 41.5 Å².